The van der Waals surface area contributed by atoms with Gasteiger partial charge in [0.1, 0.15) is 11.5 Å². The lowest BCUT2D eigenvalue weighted by molar-refractivity contribution is 0.394. The zero-order valence-electron chi connectivity index (χ0n) is 12.6. The quantitative estimate of drug-likeness (QED) is 0.816. The number of benzene rings is 1. The number of ether oxygens (including phenoxy) is 2. The van der Waals surface area contributed by atoms with Crippen LogP contribution in [0.2, 0.25) is 0 Å². The SMILES string of the molecule is CCC(=Cc1cc(OC)cc(OC)c1)CNC(C)C. The highest BCUT2D eigenvalue weighted by Crippen LogP contribution is 2.24. The molecule has 0 aliphatic rings. The van der Waals surface area contributed by atoms with Crippen molar-refractivity contribution in [1.29, 1.82) is 0 Å². The van der Waals surface area contributed by atoms with Gasteiger partial charge in [-0.2, -0.15) is 0 Å². The van der Waals surface area contributed by atoms with E-state index in [0.717, 1.165) is 30.0 Å². The van der Waals surface area contributed by atoms with Crippen LogP contribution in [0.3, 0.4) is 0 Å². The maximum atomic E-state index is 5.29. The minimum atomic E-state index is 0.495. The predicted octanol–water partition coefficient (Wildman–Crippen LogP) is 3.50. The molecule has 0 saturated heterocycles. The van der Waals surface area contributed by atoms with Crippen LogP contribution in [0.4, 0.5) is 0 Å². The lowest BCUT2D eigenvalue weighted by atomic mass is 10.1. The number of rotatable bonds is 7. The van der Waals surface area contributed by atoms with Gasteiger partial charge in [0.2, 0.25) is 0 Å². The molecule has 106 valence electrons. The summed E-state index contributed by atoms with van der Waals surface area (Å²) in [5, 5.41) is 3.44. The Balaban J connectivity index is 2.93. The summed E-state index contributed by atoms with van der Waals surface area (Å²) >= 11 is 0. The molecule has 19 heavy (non-hydrogen) atoms. The second kappa shape index (κ2) is 7.85. The fraction of sp³-hybridized carbons (Fsp3) is 0.500. The fourth-order valence-corrected chi connectivity index (χ4v) is 1.76. The second-order valence-corrected chi connectivity index (χ2v) is 4.84. The molecule has 0 unspecified atom stereocenters. The van der Waals surface area contributed by atoms with Crippen LogP contribution in [0.15, 0.2) is 23.8 Å². The molecule has 0 spiro atoms. The highest BCUT2D eigenvalue weighted by molar-refractivity contribution is 5.58. The maximum Gasteiger partial charge on any atom is 0.123 e. The third-order valence-corrected chi connectivity index (χ3v) is 2.94. The molecule has 0 fully saturated rings. The molecule has 0 heterocycles. The van der Waals surface area contributed by atoms with Gasteiger partial charge in [0.25, 0.3) is 0 Å². The maximum absolute atomic E-state index is 5.29. The van der Waals surface area contributed by atoms with Gasteiger partial charge in [-0.3, -0.25) is 0 Å². The lowest BCUT2D eigenvalue weighted by Crippen LogP contribution is -2.24. The van der Waals surface area contributed by atoms with Gasteiger partial charge in [0, 0.05) is 18.7 Å². The molecule has 3 heteroatoms. The first-order chi connectivity index (χ1) is 9.08. The third-order valence-electron chi connectivity index (χ3n) is 2.94. The molecule has 0 aliphatic heterocycles. The Kier molecular flexibility index (Phi) is 6.43. The Bertz CT molecular complexity index is 403. The summed E-state index contributed by atoms with van der Waals surface area (Å²) in [5.41, 5.74) is 2.47. The third kappa shape index (κ3) is 5.35. The smallest absolute Gasteiger partial charge is 0.123 e. The van der Waals surface area contributed by atoms with Gasteiger partial charge in [-0.25, -0.2) is 0 Å². The van der Waals surface area contributed by atoms with Crippen LogP contribution in [-0.4, -0.2) is 26.8 Å². The number of hydrogen-bond donors (Lipinski definition) is 1. The zero-order valence-corrected chi connectivity index (χ0v) is 12.6. The minimum absolute atomic E-state index is 0.495. The highest BCUT2D eigenvalue weighted by Gasteiger charge is 2.02. The average Bonchev–Trinajstić information content (AvgIpc) is 2.42. The molecule has 0 radical (unpaired) electrons. The number of hydrogen-bond acceptors (Lipinski definition) is 3. The number of nitrogens with one attached hydrogen (secondary N) is 1. The van der Waals surface area contributed by atoms with E-state index in [2.05, 4.69) is 32.2 Å². The summed E-state index contributed by atoms with van der Waals surface area (Å²) in [7, 11) is 3.34. The molecular weight excluding hydrogens is 238 g/mol. The van der Waals surface area contributed by atoms with Gasteiger partial charge in [0.05, 0.1) is 14.2 Å². The second-order valence-electron chi connectivity index (χ2n) is 4.84. The summed E-state index contributed by atoms with van der Waals surface area (Å²) in [6, 6.07) is 6.42. The first-order valence-electron chi connectivity index (χ1n) is 6.75. The average molecular weight is 263 g/mol. The molecule has 0 bridgehead atoms. The first-order valence-corrected chi connectivity index (χ1v) is 6.75. The van der Waals surface area contributed by atoms with Gasteiger partial charge in [-0.1, -0.05) is 32.4 Å². The van der Waals surface area contributed by atoms with Crippen molar-refractivity contribution in [2.75, 3.05) is 20.8 Å². The van der Waals surface area contributed by atoms with Crippen LogP contribution in [0, 0.1) is 0 Å². The van der Waals surface area contributed by atoms with Gasteiger partial charge in [-0.15, -0.1) is 0 Å². The normalized spacial score (nSPS) is 11.8. The highest BCUT2D eigenvalue weighted by atomic mass is 16.5. The molecule has 1 aromatic carbocycles. The summed E-state index contributed by atoms with van der Waals surface area (Å²) in [5.74, 6) is 1.63. The molecular formula is C16H25NO2. The molecule has 1 aromatic rings. The van der Waals surface area contributed by atoms with Crippen molar-refractivity contribution in [3.05, 3.63) is 29.3 Å². The Hall–Kier alpha value is -1.48. The predicted molar refractivity (Wildman–Crippen MR) is 81.0 cm³/mol. The van der Waals surface area contributed by atoms with E-state index in [9.17, 15) is 0 Å². The molecule has 0 saturated carbocycles. The van der Waals surface area contributed by atoms with E-state index in [4.69, 9.17) is 9.47 Å². The van der Waals surface area contributed by atoms with Gasteiger partial charge in [-0.05, 0) is 24.1 Å². The number of methoxy groups -OCH3 is 2. The van der Waals surface area contributed by atoms with Crippen LogP contribution in [0.5, 0.6) is 11.5 Å². The van der Waals surface area contributed by atoms with E-state index in [1.807, 2.05) is 18.2 Å². The van der Waals surface area contributed by atoms with Crippen LogP contribution < -0.4 is 14.8 Å². The summed E-state index contributed by atoms with van der Waals surface area (Å²) in [4.78, 5) is 0. The van der Waals surface area contributed by atoms with Crippen molar-refractivity contribution in [1.82, 2.24) is 5.32 Å². The Labute approximate surface area is 116 Å². The molecule has 0 aromatic heterocycles. The van der Waals surface area contributed by atoms with Gasteiger partial charge >= 0.3 is 0 Å². The van der Waals surface area contributed by atoms with Crippen molar-refractivity contribution < 1.29 is 9.47 Å². The van der Waals surface area contributed by atoms with E-state index in [1.165, 1.54) is 5.57 Å². The molecule has 0 atom stereocenters. The van der Waals surface area contributed by atoms with Crippen molar-refractivity contribution in [2.24, 2.45) is 0 Å². The van der Waals surface area contributed by atoms with Crippen LogP contribution in [0.1, 0.15) is 32.8 Å². The monoisotopic (exact) mass is 263 g/mol. The Morgan fingerprint density at radius 3 is 2.16 bits per heavy atom. The molecule has 3 nitrogen and oxygen atoms in total. The van der Waals surface area contributed by atoms with Crippen molar-refractivity contribution >= 4 is 6.08 Å². The standard InChI is InChI=1S/C16H25NO2/c1-6-13(11-17-12(2)3)7-14-8-15(18-4)10-16(9-14)19-5/h7-10,12,17H,6,11H2,1-5H3. The Morgan fingerprint density at radius 1 is 1.16 bits per heavy atom. The summed E-state index contributed by atoms with van der Waals surface area (Å²) < 4.78 is 10.6. The van der Waals surface area contributed by atoms with Crippen molar-refractivity contribution in [2.45, 2.75) is 33.2 Å². The van der Waals surface area contributed by atoms with E-state index < -0.39 is 0 Å². The van der Waals surface area contributed by atoms with Gasteiger partial charge in [0.15, 0.2) is 0 Å². The van der Waals surface area contributed by atoms with E-state index >= 15 is 0 Å². The molecule has 0 aliphatic carbocycles. The van der Waals surface area contributed by atoms with Gasteiger partial charge < -0.3 is 14.8 Å². The lowest BCUT2D eigenvalue weighted by Gasteiger charge is -2.11. The summed E-state index contributed by atoms with van der Waals surface area (Å²) in [6.07, 6.45) is 3.22. The van der Waals surface area contributed by atoms with Crippen molar-refractivity contribution in [3.8, 4) is 11.5 Å². The molecule has 1 N–H and O–H groups in total. The van der Waals surface area contributed by atoms with Crippen LogP contribution in [0.25, 0.3) is 6.08 Å². The van der Waals surface area contributed by atoms with Crippen molar-refractivity contribution in [3.63, 3.8) is 0 Å². The largest absolute Gasteiger partial charge is 0.497 e. The minimum Gasteiger partial charge on any atom is -0.497 e. The van der Waals surface area contributed by atoms with Crippen LogP contribution >= 0.6 is 0 Å². The summed E-state index contributed by atoms with van der Waals surface area (Å²) in [6.45, 7) is 7.39. The van der Waals surface area contributed by atoms with E-state index in [-0.39, 0.29) is 0 Å². The van der Waals surface area contributed by atoms with E-state index in [0.29, 0.717) is 6.04 Å². The molecule has 0 amide bonds. The first kappa shape index (κ1) is 15.6. The molecule has 1 rings (SSSR count). The Morgan fingerprint density at radius 2 is 1.74 bits per heavy atom. The van der Waals surface area contributed by atoms with E-state index in [1.54, 1.807) is 14.2 Å². The fourth-order valence-electron chi connectivity index (χ4n) is 1.76. The zero-order chi connectivity index (χ0) is 14.3. The van der Waals surface area contributed by atoms with Crippen LogP contribution in [-0.2, 0) is 0 Å². The topological polar surface area (TPSA) is 30.5 Å².